The topological polar surface area (TPSA) is 49.3 Å². The number of benzene rings is 1. The number of nitrogens with one attached hydrogen (secondary N) is 1. The average molecular weight is 235 g/mol. The largest absolute Gasteiger partial charge is 0.481 e. The number of carboxylic acid groups (broad SMARTS) is 1. The van der Waals surface area contributed by atoms with Gasteiger partial charge in [0.1, 0.15) is 0 Å². The van der Waals surface area contributed by atoms with E-state index >= 15 is 0 Å². The van der Waals surface area contributed by atoms with Crippen molar-refractivity contribution in [3.63, 3.8) is 0 Å². The first-order chi connectivity index (χ1) is 8.18. The molecule has 1 aromatic carbocycles. The van der Waals surface area contributed by atoms with Gasteiger partial charge in [-0.25, -0.2) is 0 Å². The molecule has 1 aromatic rings. The number of aryl methyl sites for hydroxylation is 1. The van der Waals surface area contributed by atoms with E-state index in [-0.39, 0.29) is 12.5 Å². The Bertz CT molecular complexity index is 324. The maximum absolute atomic E-state index is 10.4. The fourth-order valence-electron chi connectivity index (χ4n) is 1.73. The standard InChI is InChI=1S/C14H21NO2/c1-12(9-10-14(16)17)15-11-5-8-13-6-3-2-4-7-13/h2-4,6-7,12,15H,5,8-11H2,1H3,(H,16,17). The van der Waals surface area contributed by atoms with Gasteiger partial charge < -0.3 is 10.4 Å². The zero-order chi connectivity index (χ0) is 12.5. The summed E-state index contributed by atoms with van der Waals surface area (Å²) in [6, 6.07) is 10.7. The van der Waals surface area contributed by atoms with Crippen LogP contribution in [-0.4, -0.2) is 23.7 Å². The van der Waals surface area contributed by atoms with Crippen LogP contribution in [0.4, 0.5) is 0 Å². The van der Waals surface area contributed by atoms with E-state index in [4.69, 9.17) is 5.11 Å². The highest BCUT2D eigenvalue weighted by molar-refractivity contribution is 5.66. The van der Waals surface area contributed by atoms with Crippen molar-refractivity contribution < 1.29 is 9.90 Å². The van der Waals surface area contributed by atoms with Gasteiger partial charge in [-0.1, -0.05) is 30.3 Å². The molecule has 0 aliphatic rings. The third kappa shape index (κ3) is 6.74. The zero-order valence-corrected chi connectivity index (χ0v) is 10.4. The number of hydrogen-bond donors (Lipinski definition) is 2. The third-order valence-corrected chi connectivity index (χ3v) is 2.77. The van der Waals surface area contributed by atoms with Crippen LogP contribution in [0.3, 0.4) is 0 Å². The summed E-state index contributed by atoms with van der Waals surface area (Å²) in [5.74, 6) is -0.720. The first kappa shape index (κ1) is 13.7. The second kappa shape index (κ2) is 7.85. The van der Waals surface area contributed by atoms with Crippen LogP contribution in [0, 0.1) is 0 Å². The molecule has 0 spiro atoms. The highest BCUT2D eigenvalue weighted by atomic mass is 16.4. The molecule has 0 saturated heterocycles. The molecule has 1 atom stereocenters. The van der Waals surface area contributed by atoms with E-state index in [0.29, 0.717) is 6.42 Å². The van der Waals surface area contributed by atoms with E-state index in [1.165, 1.54) is 5.56 Å². The average Bonchev–Trinajstić information content (AvgIpc) is 2.33. The molecule has 1 rings (SSSR count). The number of hydrogen-bond acceptors (Lipinski definition) is 2. The van der Waals surface area contributed by atoms with Gasteiger partial charge in [-0.05, 0) is 38.3 Å². The van der Waals surface area contributed by atoms with Crippen LogP contribution in [0.5, 0.6) is 0 Å². The van der Waals surface area contributed by atoms with Crippen molar-refractivity contribution in [3.8, 4) is 0 Å². The van der Waals surface area contributed by atoms with Gasteiger partial charge in [0.15, 0.2) is 0 Å². The van der Waals surface area contributed by atoms with Crippen LogP contribution >= 0.6 is 0 Å². The molecule has 3 heteroatoms. The minimum Gasteiger partial charge on any atom is -0.481 e. The lowest BCUT2D eigenvalue weighted by Gasteiger charge is -2.12. The predicted octanol–water partition coefficient (Wildman–Crippen LogP) is 2.46. The number of rotatable bonds is 8. The molecule has 0 aliphatic heterocycles. The summed E-state index contributed by atoms with van der Waals surface area (Å²) in [5, 5.41) is 11.9. The molecule has 0 radical (unpaired) electrons. The number of carbonyl (C=O) groups is 1. The van der Waals surface area contributed by atoms with Crippen molar-refractivity contribution in [2.75, 3.05) is 6.54 Å². The van der Waals surface area contributed by atoms with Crippen molar-refractivity contribution in [1.29, 1.82) is 0 Å². The Hall–Kier alpha value is -1.35. The Kier molecular flexibility index (Phi) is 6.33. The number of carboxylic acids is 1. The SMILES string of the molecule is CC(CCC(=O)O)NCCCc1ccccc1. The summed E-state index contributed by atoms with van der Waals surface area (Å²) in [4.78, 5) is 10.4. The highest BCUT2D eigenvalue weighted by Crippen LogP contribution is 2.02. The quantitative estimate of drug-likeness (QED) is 0.680. The van der Waals surface area contributed by atoms with E-state index in [1.807, 2.05) is 13.0 Å². The molecule has 0 aromatic heterocycles. The van der Waals surface area contributed by atoms with Crippen LogP contribution in [0.2, 0.25) is 0 Å². The molecule has 0 fully saturated rings. The van der Waals surface area contributed by atoms with Crippen LogP contribution in [0.1, 0.15) is 31.7 Å². The minimum absolute atomic E-state index is 0.243. The fraction of sp³-hybridized carbons (Fsp3) is 0.500. The van der Waals surface area contributed by atoms with E-state index in [0.717, 1.165) is 19.4 Å². The van der Waals surface area contributed by atoms with Crippen molar-refractivity contribution >= 4 is 5.97 Å². The lowest BCUT2D eigenvalue weighted by molar-refractivity contribution is -0.137. The first-order valence-corrected chi connectivity index (χ1v) is 6.17. The number of aliphatic carboxylic acids is 1. The lowest BCUT2D eigenvalue weighted by Crippen LogP contribution is -2.27. The van der Waals surface area contributed by atoms with Crippen molar-refractivity contribution in [2.45, 2.75) is 38.6 Å². The van der Waals surface area contributed by atoms with Crippen LogP contribution < -0.4 is 5.32 Å². The predicted molar refractivity (Wildman–Crippen MR) is 69.1 cm³/mol. The first-order valence-electron chi connectivity index (χ1n) is 6.17. The maximum Gasteiger partial charge on any atom is 0.303 e. The Morgan fingerprint density at radius 2 is 2.06 bits per heavy atom. The Morgan fingerprint density at radius 3 is 2.71 bits per heavy atom. The Balaban J connectivity index is 2.06. The van der Waals surface area contributed by atoms with Crippen LogP contribution in [-0.2, 0) is 11.2 Å². The fourth-order valence-corrected chi connectivity index (χ4v) is 1.73. The molecule has 0 heterocycles. The van der Waals surface area contributed by atoms with E-state index in [9.17, 15) is 4.79 Å². The van der Waals surface area contributed by atoms with Crippen molar-refractivity contribution in [1.82, 2.24) is 5.32 Å². The van der Waals surface area contributed by atoms with Gasteiger partial charge in [0.2, 0.25) is 0 Å². The van der Waals surface area contributed by atoms with Gasteiger partial charge in [-0.2, -0.15) is 0 Å². The maximum atomic E-state index is 10.4. The molecule has 0 aliphatic carbocycles. The van der Waals surface area contributed by atoms with Crippen molar-refractivity contribution in [3.05, 3.63) is 35.9 Å². The third-order valence-electron chi connectivity index (χ3n) is 2.77. The Labute approximate surface area is 103 Å². The van der Waals surface area contributed by atoms with Gasteiger partial charge >= 0.3 is 5.97 Å². The summed E-state index contributed by atoms with van der Waals surface area (Å²) in [6.45, 7) is 2.97. The summed E-state index contributed by atoms with van der Waals surface area (Å²) >= 11 is 0. The smallest absolute Gasteiger partial charge is 0.303 e. The van der Waals surface area contributed by atoms with E-state index in [2.05, 4.69) is 29.6 Å². The monoisotopic (exact) mass is 235 g/mol. The summed E-state index contributed by atoms with van der Waals surface area (Å²) in [6.07, 6.45) is 3.09. The molecular weight excluding hydrogens is 214 g/mol. The van der Waals surface area contributed by atoms with Gasteiger partial charge in [0.05, 0.1) is 0 Å². The lowest BCUT2D eigenvalue weighted by atomic mass is 10.1. The minimum atomic E-state index is -0.720. The normalized spacial score (nSPS) is 12.3. The van der Waals surface area contributed by atoms with Gasteiger partial charge in [0, 0.05) is 12.5 Å². The molecular formula is C14H21NO2. The molecule has 2 N–H and O–H groups in total. The van der Waals surface area contributed by atoms with Gasteiger partial charge in [-0.3, -0.25) is 4.79 Å². The summed E-state index contributed by atoms with van der Waals surface area (Å²) < 4.78 is 0. The summed E-state index contributed by atoms with van der Waals surface area (Å²) in [5.41, 5.74) is 1.35. The van der Waals surface area contributed by atoms with Gasteiger partial charge in [-0.15, -0.1) is 0 Å². The molecule has 1 unspecified atom stereocenters. The second-order valence-corrected chi connectivity index (χ2v) is 4.38. The summed E-state index contributed by atoms with van der Waals surface area (Å²) in [7, 11) is 0. The van der Waals surface area contributed by atoms with Crippen LogP contribution in [0.25, 0.3) is 0 Å². The second-order valence-electron chi connectivity index (χ2n) is 4.38. The molecule has 0 amide bonds. The zero-order valence-electron chi connectivity index (χ0n) is 10.4. The van der Waals surface area contributed by atoms with E-state index < -0.39 is 5.97 Å². The molecule has 94 valence electrons. The molecule has 17 heavy (non-hydrogen) atoms. The van der Waals surface area contributed by atoms with Crippen molar-refractivity contribution in [2.24, 2.45) is 0 Å². The van der Waals surface area contributed by atoms with E-state index in [1.54, 1.807) is 0 Å². The molecule has 3 nitrogen and oxygen atoms in total. The Morgan fingerprint density at radius 1 is 1.35 bits per heavy atom. The highest BCUT2D eigenvalue weighted by Gasteiger charge is 2.04. The molecule has 0 saturated carbocycles. The van der Waals surface area contributed by atoms with Crippen LogP contribution in [0.15, 0.2) is 30.3 Å². The van der Waals surface area contributed by atoms with Gasteiger partial charge in [0.25, 0.3) is 0 Å². The molecule has 0 bridgehead atoms.